The van der Waals surface area contributed by atoms with Crippen LogP contribution in [0.4, 0.5) is 0 Å². The van der Waals surface area contributed by atoms with Crippen molar-refractivity contribution >= 4 is 15.9 Å². The zero-order valence-electron chi connectivity index (χ0n) is 9.87. The van der Waals surface area contributed by atoms with E-state index in [-0.39, 0.29) is 6.04 Å². The number of nitrogens with two attached hydrogens (primary N) is 1. The molecule has 1 heterocycles. The lowest BCUT2D eigenvalue weighted by Gasteiger charge is -2.24. The predicted octanol–water partition coefficient (Wildman–Crippen LogP) is 2.96. The molecule has 2 rings (SSSR count). The molecule has 1 unspecified atom stereocenters. The van der Waals surface area contributed by atoms with Gasteiger partial charge in [-0.25, -0.2) is 5.43 Å². The molecule has 3 nitrogen and oxygen atoms in total. The highest BCUT2D eigenvalue weighted by Crippen LogP contribution is 2.33. The van der Waals surface area contributed by atoms with Gasteiger partial charge in [0.1, 0.15) is 0 Å². The summed E-state index contributed by atoms with van der Waals surface area (Å²) in [6.07, 6.45) is 3.91. The van der Waals surface area contributed by atoms with E-state index in [0.717, 1.165) is 29.5 Å². The van der Waals surface area contributed by atoms with Crippen LogP contribution < -0.4 is 11.3 Å². The summed E-state index contributed by atoms with van der Waals surface area (Å²) in [7, 11) is 0. The molecule has 0 amide bonds. The summed E-state index contributed by atoms with van der Waals surface area (Å²) in [5.41, 5.74) is 6.44. The van der Waals surface area contributed by atoms with Crippen molar-refractivity contribution in [2.45, 2.75) is 25.8 Å². The fraction of sp³-hybridized carbons (Fsp3) is 0.385. The number of nitrogens with one attached hydrogen (secondary N) is 1. The van der Waals surface area contributed by atoms with E-state index in [4.69, 9.17) is 10.6 Å². The molecule has 0 fully saturated rings. The Morgan fingerprint density at radius 3 is 2.94 bits per heavy atom. The van der Waals surface area contributed by atoms with Crippen molar-refractivity contribution in [3.8, 4) is 0 Å². The molecule has 0 aliphatic carbocycles. The summed E-state index contributed by atoms with van der Waals surface area (Å²) < 4.78 is 6.49. The first kappa shape index (κ1) is 12.6. The Hall–Kier alpha value is -0.840. The van der Waals surface area contributed by atoms with E-state index < -0.39 is 0 Å². The minimum absolute atomic E-state index is 0.0181. The molecule has 0 saturated heterocycles. The van der Waals surface area contributed by atoms with Gasteiger partial charge in [-0.15, -0.1) is 0 Å². The van der Waals surface area contributed by atoms with Crippen molar-refractivity contribution in [1.29, 1.82) is 0 Å². The lowest BCUT2D eigenvalue weighted by Crippen LogP contribution is -2.30. The Morgan fingerprint density at radius 1 is 1.47 bits per heavy atom. The van der Waals surface area contributed by atoms with Crippen molar-refractivity contribution in [2.24, 2.45) is 5.84 Å². The van der Waals surface area contributed by atoms with Crippen LogP contribution in [0.25, 0.3) is 0 Å². The molecular formula is C13H17BrN2O. The van der Waals surface area contributed by atoms with Gasteiger partial charge in [0.05, 0.1) is 18.9 Å². The summed E-state index contributed by atoms with van der Waals surface area (Å²) in [6, 6.07) is 6.22. The van der Waals surface area contributed by atoms with E-state index in [9.17, 15) is 0 Å². The largest absolute Gasteiger partial charge is 0.501 e. The van der Waals surface area contributed by atoms with Crippen molar-refractivity contribution in [3.63, 3.8) is 0 Å². The van der Waals surface area contributed by atoms with Crippen LogP contribution in [0, 0.1) is 6.92 Å². The van der Waals surface area contributed by atoms with Crippen LogP contribution in [-0.4, -0.2) is 6.61 Å². The molecule has 1 atom stereocenters. The maximum atomic E-state index is 5.69. The highest BCUT2D eigenvalue weighted by Gasteiger charge is 2.20. The smallest absolute Gasteiger partial charge is 0.0876 e. The van der Waals surface area contributed by atoms with Crippen molar-refractivity contribution in [3.05, 3.63) is 45.6 Å². The third-order valence-corrected chi connectivity index (χ3v) is 4.12. The predicted molar refractivity (Wildman–Crippen MR) is 72.2 cm³/mol. The van der Waals surface area contributed by atoms with Gasteiger partial charge >= 0.3 is 0 Å². The number of aryl methyl sites for hydroxylation is 1. The summed E-state index contributed by atoms with van der Waals surface area (Å²) in [4.78, 5) is 0. The average molecular weight is 297 g/mol. The monoisotopic (exact) mass is 296 g/mol. The van der Waals surface area contributed by atoms with Crippen LogP contribution in [0.3, 0.4) is 0 Å². The normalized spacial score (nSPS) is 17.2. The van der Waals surface area contributed by atoms with E-state index in [0.29, 0.717) is 0 Å². The van der Waals surface area contributed by atoms with Crippen LogP contribution in [0.5, 0.6) is 0 Å². The first-order valence-corrected chi connectivity index (χ1v) is 6.55. The lowest BCUT2D eigenvalue weighted by molar-refractivity contribution is 0.219. The molecule has 1 aromatic rings. The quantitative estimate of drug-likeness (QED) is 0.666. The fourth-order valence-electron chi connectivity index (χ4n) is 2.09. The molecule has 0 bridgehead atoms. The van der Waals surface area contributed by atoms with Crippen LogP contribution >= 0.6 is 15.9 Å². The van der Waals surface area contributed by atoms with Crippen LogP contribution in [0.2, 0.25) is 0 Å². The van der Waals surface area contributed by atoms with E-state index in [2.05, 4.69) is 40.4 Å². The van der Waals surface area contributed by atoms with Gasteiger partial charge in [-0.05, 0) is 36.5 Å². The second-order valence-electron chi connectivity index (χ2n) is 4.24. The van der Waals surface area contributed by atoms with Crippen molar-refractivity contribution in [1.82, 2.24) is 5.43 Å². The van der Waals surface area contributed by atoms with Crippen LogP contribution in [-0.2, 0) is 4.74 Å². The molecule has 0 radical (unpaired) electrons. The highest BCUT2D eigenvalue weighted by atomic mass is 79.9. The molecule has 0 aromatic heterocycles. The number of halogens is 1. The van der Waals surface area contributed by atoms with E-state index in [1.54, 1.807) is 0 Å². The second kappa shape index (κ2) is 5.67. The Labute approximate surface area is 110 Å². The zero-order valence-corrected chi connectivity index (χ0v) is 11.5. The fourth-order valence-corrected chi connectivity index (χ4v) is 2.58. The van der Waals surface area contributed by atoms with E-state index in [1.807, 2.05) is 12.3 Å². The number of benzene rings is 1. The maximum Gasteiger partial charge on any atom is 0.0876 e. The van der Waals surface area contributed by atoms with Gasteiger partial charge in [0.25, 0.3) is 0 Å². The van der Waals surface area contributed by atoms with Gasteiger partial charge in [0.2, 0.25) is 0 Å². The molecule has 17 heavy (non-hydrogen) atoms. The maximum absolute atomic E-state index is 5.69. The molecule has 0 saturated carbocycles. The third kappa shape index (κ3) is 2.70. The molecule has 0 spiro atoms. The standard InChI is InChI=1S/C13H17BrN2O/c1-9-4-2-6-11(12(9)14)13(16-15)10-5-3-7-17-8-10/h2,4,6,8,13,16H,3,5,7,15H2,1H3. The molecular weight excluding hydrogens is 280 g/mol. The Balaban J connectivity index is 2.34. The van der Waals surface area contributed by atoms with Gasteiger partial charge < -0.3 is 4.74 Å². The Kier molecular flexibility index (Phi) is 4.20. The topological polar surface area (TPSA) is 47.3 Å². The molecule has 1 aromatic carbocycles. The SMILES string of the molecule is Cc1cccc(C(NN)C2=COCCC2)c1Br. The lowest BCUT2D eigenvalue weighted by atomic mass is 9.95. The van der Waals surface area contributed by atoms with Gasteiger partial charge in [-0.1, -0.05) is 34.1 Å². The van der Waals surface area contributed by atoms with E-state index >= 15 is 0 Å². The summed E-state index contributed by atoms with van der Waals surface area (Å²) >= 11 is 3.62. The van der Waals surface area contributed by atoms with Gasteiger partial charge in [-0.3, -0.25) is 5.84 Å². The van der Waals surface area contributed by atoms with Crippen LogP contribution in [0.1, 0.15) is 30.0 Å². The molecule has 1 aliphatic rings. The van der Waals surface area contributed by atoms with Gasteiger partial charge in [0, 0.05) is 4.47 Å². The first-order valence-electron chi connectivity index (χ1n) is 5.75. The van der Waals surface area contributed by atoms with Gasteiger partial charge in [0.15, 0.2) is 0 Å². The van der Waals surface area contributed by atoms with Crippen molar-refractivity contribution < 1.29 is 4.74 Å². The molecule has 92 valence electrons. The molecule has 4 heteroatoms. The number of hydrogen-bond donors (Lipinski definition) is 2. The summed E-state index contributed by atoms with van der Waals surface area (Å²) in [5.74, 6) is 5.69. The number of ether oxygens (including phenoxy) is 1. The average Bonchev–Trinajstić information content (AvgIpc) is 2.37. The number of rotatable bonds is 3. The first-order chi connectivity index (χ1) is 8.24. The van der Waals surface area contributed by atoms with Gasteiger partial charge in [-0.2, -0.15) is 0 Å². The second-order valence-corrected chi connectivity index (χ2v) is 5.04. The molecule has 3 N–H and O–H groups in total. The Bertz CT molecular complexity index is 431. The minimum Gasteiger partial charge on any atom is -0.501 e. The highest BCUT2D eigenvalue weighted by molar-refractivity contribution is 9.10. The number of hydrazine groups is 1. The minimum atomic E-state index is 0.0181. The number of hydrogen-bond acceptors (Lipinski definition) is 3. The van der Waals surface area contributed by atoms with Crippen molar-refractivity contribution in [2.75, 3.05) is 6.61 Å². The van der Waals surface area contributed by atoms with Crippen LogP contribution in [0.15, 0.2) is 34.5 Å². The zero-order chi connectivity index (χ0) is 12.3. The Morgan fingerprint density at radius 2 is 2.29 bits per heavy atom. The third-order valence-electron chi connectivity index (χ3n) is 3.03. The summed E-state index contributed by atoms with van der Waals surface area (Å²) in [6.45, 7) is 2.88. The summed E-state index contributed by atoms with van der Waals surface area (Å²) in [5, 5.41) is 0. The molecule has 1 aliphatic heterocycles. The van der Waals surface area contributed by atoms with E-state index in [1.165, 1.54) is 11.1 Å².